The van der Waals surface area contributed by atoms with Gasteiger partial charge in [0, 0.05) is 31.2 Å². The Morgan fingerprint density at radius 2 is 2.33 bits per heavy atom. The minimum atomic E-state index is 0.306. The fourth-order valence-corrected chi connectivity index (χ4v) is 2.67. The zero-order valence-corrected chi connectivity index (χ0v) is 11.8. The highest BCUT2D eigenvalue weighted by Crippen LogP contribution is 2.17. The number of amides is 1. The number of carbonyl (C=O) groups excluding carboxylic acids is 1. The van der Waals surface area contributed by atoms with Crippen LogP contribution in [0.15, 0.2) is 5.16 Å². The molecule has 0 aliphatic carbocycles. The summed E-state index contributed by atoms with van der Waals surface area (Å²) >= 11 is 1.65. The molecule has 0 unspecified atom stereocenters. The zero-order chi connectivity index (χ0) is 13.0. The van der Waals surface area contributed by atoms with Crippen molar-refractivity contribution in [2.45, 2.75) is 44.2 Å². The van der Waals surface area contributed by atoms with Crippen LogP contribution in [0.4, 0.5) is 0 Å². The van der Waals surface area contributed by atoms with Gasteiger partial charge >= 0.3 is 0 Å². The third-order valence-electron chi connectivity index (χ3n) is 3.00. The van der Waals surface area contributed by atoms with Crippen molar-refractivity contribution in [3.05, 3.63) is 5.82 Å². The van der Waals surface area contributed by atoms with Gasteiger partial charge in [-0.25, -0.2) is 4.98 Å². The summed E-state index contributed by atoms with van der Waals surface area (Å²) < 4.78 is 0. The van der Waals surface area contributed by atoms with Crippen molar-refractivity contribution in [1.29, 1.82) is 0 Å². The fourth-order valence-electron chi connectivity index (χ4n) is 1.94. The summed E-state index contributed by atoms with van der Waals surface area (Å²) in [7, 11) is 0. The number of aromatic amines is 1. The van der Waals surface area contributed by atoms with Crippen molar-refractivity contribution >= 4 is 17.7 Å². The summed E-state index contributed by atoms with van der Waals surface area (Å²) in [6.07, 6.45) is 2.75. The summed E-state index contributed by atoms with van der Waals surface area (Å²) in [4.78, 5) is 17.8. The van der Waals surface area contributed by atoms with Crippen LogP contribution in [0.5, 0.6) is 0 Å². The van der Waals surface area contributed by atoms with Crippen molar-refractivity contribution in [2.24, 2.45) is 0 Å². The Morgan fingerprint density at radius 1 is 1.50 bits per heavy atom. The predicted octanol–water partition coefficient (Wildman–Crippen LogP) is 2.03. The van der Waals surface area contributed by atoms with Crippen molar-refractivity contribution in [1.82, 2.24) is 20.1 Å². The van der Waals surface area contributed by atoms with E-state index < -0.39 is 0 Å². The average Bonchev–Trinajstić information content (AvgIpc) is 2.94. The van der Waals surface area contributed by atoms with Crippen molar-refractivity contribution in [3.8, 4) is 0 Å². The molecule has 1 aliphatic rings. The Bertz CT molecular complexity index is 405. The molecule has 0 spiro atoms. The SMILES string of the molecule is CC(C)c1nc(SCCCN2CCCC2=O)n[nH]1. The predicted molar refractivity (Wildman–Crippen MR) is 71.6 cm³/mol. The number of rotatable bonds is 6. The topological polar surface area (TPSA) is 61.9 Å². The maximum Gasteiger partial charge on any atom is 0.222 e. The molecule has 0 atom stereocenters. The van der Waals surface area contributed by atoms with E-state index in [2.05, 4.69) is 29.0 Å². The van der Waals surface area contributed by atoms with Gasteiger partial charge in [0.05, 0.1) is 0 Å². The van der Waals surface area contributed by atoms with Gasteiger partial charge in [-0.15, -0.1) is 5.10 Å². The molecule has 1 aromatic heterocycles. The lowest BCUT2D eigenvalue weighted by Gasteiger charge is -2.14. The Morgan fingerprint density at radius 3 is 2.94 bits per heavy atom. The molecular weight excluding hydrogens is 248 g/mol. The van der Waals surface area contributed by atoms with E-state index >= 15 is 0 Å². The van der Waals surface area contributed by atoms with Crippen LogP contribution in [0.3, 0.4) is 0 Å². The van der Waals surface area contributed by atoms with Gasteiger partial charge in [0.1, 0.15) is 5.82 Å². The Labute approximate surface area is 112 Å². The number of nitrogens with one attached hydrogen (secondary N) is 1. The molecule has 5 nitrogen and oxygen atoms in total. The molecule has 0 aromatic carbocycles. The second-order valence-electron chi connectivity index (χ2n) is 4.84. The summed E-state index contributed by atoms with van der Waals surface area (Å²) in [6, 6.07) is 0. The minimum absolute atomic E-state index is 0.306. The summed E-state index contributed by atoms with van der Waals surface area (Å²) in [5.41, 5.74) is 0. The van der Waals surface area contributed by atoms with Crippen molar-refractivity contribution < 1.29 is 4.79 Å². The molecule has 6 heteroatoms. The summed E-state index contributed by atoms with van der Waals surface area (Å²) in [5.74, 6) is 2.58. The van der Waals surface area contributed by atoms with Gasteiger partial charge in [0.2, 0.25) is 11.1 Å². The van der Waals surface area contributed by atoms with E-state index in [1.165, 1.54) is 0 Å². The molecule has 1 N–H and O–H groups in total. The van der Waals surface area contributed by atoms with Gasteiger partial charge in [-0.1, -0.05) is 25.6 Å². The van der Waals surface area contributed by atoms with Gasteiger partial charge in [-0.3, -0.25) is 9.89 Å². The first-order valence-corrected chi connectivity index (χ1v) is 7.48. The molecule has 0 saturated carbocycles. The molecule has 100 valence electrons. The van der Waals surface area contributed by atoms with E-state index in [1.54, 1.807) is 11.8 Å². The lowest BCUT2D eigenvalue weighted by molar-refractivity contribution is -0.127. The molecule has 2 heterocycles. The molecule has 0 radical (unpaired) electrons. The van der Waals surface area contributed by atoms with Gasteiger partial charge in [-0.2, -0.15) is 0 Å². The van der Waals surface area contributed by atoms with Gasteiger partial charge in [-0.05, 0) is 12.8 Å². The van der Waals surface area contributed by atoms with E-state index in [0.29, 0.717) is 11.8 Å². The number of likely N-dealkylation sites (tertiary alicyclic amines) is 1. The van der Waals surface area contributed by atoms with Crippen LogP contribution >= 0.6 is 11.8 Å². The van der Waals surface area contributed by atoms with Crippen LogP contribution in [-0.4, -0.2) is 44.8 Å². The fraction of sp³-hybridized carbons (Fsp3) is 0.750. The van der Waals surface area contributed by atoms with E-state index in [-0.39, 0.29) is 0 Å². The van der Waals surface area contributed by atoms with E-state index in [0.717, 1.165) is 49.1 Å². The third-order valence-corrected chi connectivity index (χ3v) is 3.94. The Hall–Kier alpha value is -1.04. The third kappa shape index (κ3) is 3.48. The molecular formula is C12H20N4OS. The van der Waals surface area contributed by atoms with Crippen molar-refractivity contribution in [3.63, 3.8) is 0 Å². The van der Waals surface area contributed by atoms with Gasteiger partial charge in [0.25, 0.3) is 0 Å². The lowest BCUT2D eigenvalue weighted by atomic mass is 10.2. The first-order chi connectivity index (χ1) is 8.66. The number of H-pyrrole nitrogens is 1. The summed E-state index contributed by atoms with van der Waals surface area (Å²) in [6.45, 7) is 5.98. The maximum atomic E-state index is 11.4. The van der Waals surface area contributed by atoms with Crippen LogP contribution in [-0.2, 0) is 4.79 Å². The highest BCUT2D eigenvalue weighted by Gasteiger charge is 2.19. The number of thioether (sulfide) groups is 1. The molecule has 1 aliphatic heterocycles. The Kier molecular flexibility index (Phi) is 4.63. The zero-order valence-electron chi connectivity index (χ0n) is 11.0. The molecule has 1 aromatic rings. The van der Waals surface area contributed by atoms with Gasteiger partial charge < -0.3 is 4.90 Å². The second-order valence-corrected chi connectivity index (χ2v) is 5.91. The molecule has 1 fully saturated rings. The first kappa shape index (κ1) is 13.4. The van der Waals surface area contributed by atoms with Crippen LogP contribution in [0.25, 0.3) is 0 Å². The van der Waals surface area contributed by atoms with E-state index in [4.69, 9.17) is 0 Å². The Balaban J connectivity index is 1.67. The summed E-state index contributed by atoms with van der Waals surface area (Å²) in [5, 5.41) is 7.93. The molecule has 0 bridgehead atoms. The largest absolute Gasteiger partial charge is 0.343 e. The minimum Gasteiger partial charge on any atom is -0.343 e. The number of aromatic nitrogens is 3. The highest BCUT2D eigenvalue weighted by atomic mass is 32.2. The van der Waals surface area contributed by atoms with Crippen molar-refractivity contribution in [2.75, 3.05) is 18.8 Å². The second kappa shape index (κ2) is 6.22. The monoisotopic (exact) mass is 268 g/mol. The number of carbonyl (C=O) groups is 1. The normalized spacial score (nSPS) is 15.9. The quantitative estimate of drug-likeness (QED) is 0.633. The molecule has 18 heavy (non-hydrogen) atoms. The van der Waals surface area contributed by atoms with Crippen LogP contribution in [0.1, 0.15) is 44.9 Å². The van der Waals surface area contributed by atoms with Gasteiger partial charge in [0.15, 0.2) is 0 Å². The molecule has 1 saturated heterocycles. The average molecular weight is 268 g/mol. The lowest BCUT2D eigenvalue weighted by Crippen LogP contribution is -2.25. The highest BCUT2D eigenvalue weighted by molar-refractivity contribution is 7.99. The number of hydrogen-bond acceptors (Lipinski definition) is 4. The van der Waals surface area contributed by atoms with Crippen LogP contribution in [0.2, 0.25) is 0 Å². The van der Waals surface area contributed by atoms with E-state index in [9.17, 15) is 4.79 Å². The standard InChI is InChI=1S/C12H20N4OS/c1-9(2)11-13-12(15-14-11)18-8-4-7-16-6-3-5-10(16)17/h9H,3-8H2,1-2H3,(H,13,14,15). The maximum absolute atomic E-state index is 11.4. The molecule has 2 rings (SSSR count). The van der Waals surface area contributed by atoms with Crippen LogP contribution < -0.4 is 0 Å². The first-order valence-electron chi connectivity index (χ1n) is 6.49. The smallest absolute Gasteiger partial charge is 0.222 e. The number of hydrogen-bond donors (Lipinski definition) is 1. The number of nitrogens with zero attached hydrogens (tertiary/aromatic N) is 3. The van der Waals surface area contributed by atoms with E-state index in [1.807, 2.05) is 4.90 Å². The molecule has 1 amide bonds. The van der Waals surface area contributed by atoms with Crippen LogP contribution in [0, 0.1) is 0 Å².